The summed E-state index contributed by atoms with van der Waals surface area (Å²) in [6.45, 7) is 3.17. The topological polar surface area (TPSA) is 72.7 Å². The number of hydrogen-bond acceptors (Lipinski definition) is 4. The van der Waals surface area contributed by atoms with E-state index in [1.54, 1.807) is 20.2 Å². The fraction of sp³-hybridized carbons (Fsp3) is 0.312. The summed E-state index contributed by atoms with van der Waals surface area (Å²) in [5, 5.41) is 4.00. The molecular formula is C16H19N3O3. The smallest absolute Gasteiger partial charge is 0.293 e. The van der Waals surface area contributed by atoms with Gasteiger partial charge in [-0.05, 0) is 38.1 Å². The second-order valence-corrected chi connectivity index (χ2v) is 5.07. The summed E-state index contributed by atoms with van der Waals surface area (Å²) in [5.74, 6) is 0.827. The van der Waals surface area contributed by atoms with E-state index in [0.717, 1.165) is 22.4 Å². The zero-order chi connectivity index (χ0) is 16.3. The molecule has 0 aliphatic rings. The van der Waals surface area contributed by atoms with E-state index in [1.165, 1.54) is 11.5 Å². The monoisotopic (exact) mass is 301 g/mol. The molecule has 1 heterocycles. The molecule has 0 amide bonds. The van der Waals surface area contributed by atoms with Gasteiger partial charge in [-0.2, -0.15) is 0 Å². The molecule has 0 saturated carbocycles. The molecule has 0 aliphatic heterocycles. The van der Waals surface area contributed by atoms with Crippen molar-refractivity contribution < 1.29 is 9.53 Å². The van der Waals surface area contributed by atoms with Crippen LogP contribution in [0.25, 0.3) is 10.9 Å². The molecule has 0 bridgehead atoms. The fourth-order valence-corrected chi connectivity index (χ4v) is 2.08. The predicted octanol–water partition coefficient (Wildman–Crippen LogP) is 1.97. The fourth-order valence-electron chi connectivity index (χ4n) is 2.08. The van der Waals surface area contributed by atoms with Crippen molar-refractivity contribution in [1.82, 2.24) is 4.57 Å². The minimum atomic E-state index is -0.263. The van der Waals surface area contributed by atoms with E-state index in [-0.39, 0.29) is 23.7 Å². The lowest BCUT2D eigenvalue weighted by Gasteiger charge is -2.11. The standard InChI is InChI=1S/C16H19N3O3/c1-10(20)9-22-15-8-12-7-13(18-11(2)17-3)5-6-14(12)19(4)16(15)21/h5-8H,9H2,1-4H3,(H,17,18). The number of nitrogens with one attached hydrogen (secondary N) is 1. The first-order valence-electron chi connectivity index (χ1n) is 6.89. The maximum Gasteiger partial charge on any atom is 0.293 e. The third-order valence-electron chi connectivity index (χ3n) is 3.28. The highest BCUT2D eigenvalue weighted by Crippen LogP contribution is 2.21. The molecule has 2 aromatic rings. The van der Waals surface area contributed by atoms with Gasteiger partial charge in [-0.15, -0.1) is 0 Å². The number of ether oxygens (including phenoxy) is 1. The van der Waals surface area contributed by atoms with Gasteiger partial charge < -0.3 is 14.6 Å². The molecule has 0 unspecified atom stereocenters. The van der Waals surface area contributed by atoms with Crippen LogP contribution in [-0.4, -0.2) is 29.8 Å². The minimum Gasteiger partial charge on any atom is -0.480 e. The first-order chi connectivity index (χ1) is 10.4. The average molecular weight is 301 g/mol. The van der Waals surface area contributed by atoms with Gasteiger partial charge in [0.1, 0.15) is 6.61 Å². The zero-order valence-corrected chi connectivity index (χ0v) is 13.1. The summed E-state index contributed by atoms with van der Waals surface area (Å²) in [6, 6.07) is 7.30. The van der Waals surface area contributed by atoms with E-state index in [1.807, 2.05) is 25.1 Å². The third-order valence-corrected chi connectivity index (χ3v) is 3.28. The number of pyridine rings is 1. The minimum absolute atomic E-state index is 0.111. The molecule has 1 aromatic heterocycles. The number of fused-ring (bicyclic) bond motifs is 1. The molecule has 0 atom stereocenters. The van der Waals surface area contributed by atoms with Crippen LogP contribution in [0.4, 0.5) is 5.69 Å². The number of amidine groups is 1. The third kappa shape index (κ3) is 3.33. The largest absolute Gasteiger partial charge is 0.480 e. The van der Waals surface area contributed by atoms with Gasteiger partial charge in [-0.3, -0.25) is 14.6 Å². The van der Waals surface area contributed by atoms with Crippen LogP contribution in [0, 0.1) is 0 Å². The second kappa shape index (κ2) is 6.43. The van der Waals surface area contributed by atoms with Crippen LogP contribution >= 0.6 is 0 Å². The van der Waals surface area contributed by atoms with E-state index in [9.17, 15) is 9.59 Å². The Kier molecular flexibility index (Phi) is 4.60. The van der Waals surface area contributed by atoms with E-state index in [4.69, 9.17) is 4.74 Å². The van der Waals surface area contributed by atoms with Gasteiger partial charge in [0.15, 0.2) is 11.5 Å². The molecule has 1 N–H and O–H groups in total. The lowest BCUT2D eigenvalue weighted by Crippen LogP contribution is -2.21. The number of hydrogen-bond donors (Lipinski definition) is 1. The Labute approximate surface area is 128 Å². The van der Waals surface area contributed by atoms with Gasteiger partial charge in [0.2, 0.25) is 0 Å². The Balaban J connectivity index is 2.49. The lowest BCUT2D eigenvalue weighted by atomic mass is 10.2. The van der Waals surface area contributed by atoms with Crippen LogP contribution in [0.3, 0.4) is 0 Å². The van der Waals surface area contributed by atoms with Gasteiger partial charge in [0.05, 0.1) is 11.4 Å². The molecule has 116 valence electrons. The highest BCUT2D eigenvalue weighted by Gasteiger charge is 2.09. The SMILES string of the molecule is C/N=C(\C)Nc1ccc2c(c1)cc(OCC(C)=O)c(=O)n2C. The predicted molar refractivity (Wildman–Crippen MR) is 88.0 cm³/mol. The van der Waals surface area contributed by atoms with Gasteiger partial charge in [-0.1, -0.05) is 0 Å². The Morgan fingerprint density at radius 3 is 2.68 bits per heavy atom. The summed E-state index contributed by atoms with van der Waals surface area (Å²) < 4.78 is 6.81. The van der Waals surface area contributed by atoms with Gasteiger partial charge in [-0.25, -0.2) is 0 Å². The molecule has 0 spiro atoms. The Morgan fingerprint density at radius 1 is 1.32 bits per heavy atom. The van der Waals surface area contributed by atoms with Crippen LogP contribution in [0.1, 0.15) is 13.8 Å². The van der Waals surface area contributed by atoms with E-state index >= 15 is 0 Å². The van der Waals surface area contributed by atoms with Crippen molar-refractivity contribution in [3.63, 3.8) is 0 Å². The molecule has 1 aromatic carbocycles. The quantitative estimate of drug-likeness (QED) is 0.692. The first kappa shape index (κ1) is 15.8. The Morgan fingerprint density at radius 2 is 2.05 bits per heavy atom. The molecule has 0 aliphatic carbocycles. The normalized spacial score (nSPS) is 11.5. The Bertz CT molecular complexity index is 806. The number of aliphatic imine (C=N–C) groups is 1. The molecule has 22 heavy (non-hydrogen) atoms. The summed E-state index contributed by atoms with van der Waals surface area (Å²) in [5.41, 5.74) is 1.39. The van der Waals surface area contributed by atoms with Crippen molar-refractivity contribution in [2.45, 2.75) is 13.8 Å². The molecule has 6 heteroatoms. The van der Waals surface area contributed by atoms with Crippen LogP contribution in [0.15, 0.2) is 34.1 Å². The summed E-state index contributed by atoms with van der Waals surface area (Å²) >= 11 is 0. The van der Waals surface area contributed by atoms with Crippen LogP contribution < -0.4 is 15.6 Å². The number of carbonyl (C=O) groups excluding carboxylic acids is 1. The van der Waals surface area contributed by atoms with Crippen LogP contribution in [0.5, 0.6) is 5.75 Å². The molecular weight excluding hydrogens is 282 g/mol. The number of aryl methyl sites for hydroxylation is 1. The second-order valence-electron chi connectivity index (χ2n) is 5.07. The molecule has 2 rings (SSSR count). The average Bonchev–Trinajstić information content (AvgIpc) is 2.49. The van der Waals surface area contributed by atoms with E-state index in [0.29, 0.717) is 0 Å². The van der Waals surface area contributed by atoms with Crippen molar-refractivity contribution in [1.29, 1.82) is 0 Å². The van der Waals surface area contributed by atoms with Crippen molar-refractivity contribution in [2.24, 2.45) is 12.0 Å². The van der Waals surface area contributed by atoms with Crippen LogP contribution in [0.2, 0.25) is 0 Å². The maximum atomic E-state index is 12.2. The van der Waals surface area contributed by atoms with Crippen molar-refractivity contribution in [2.75, 3.05) is 19.0 Å². The molecule has 0 radical (unpaired) electrons. The number of anilines is 1. The van der Waals surface area contributed by atoms with Crippen molar-refractivity contribution in [3.8, 4) is 5.75 Å². The number of aromatic nitrogens is 1. The molecule has 6 nitrogen and oxygen atoms in total. The van der Waals surface area contributed by atoms with Crippen molar-refractivity contribution in [3.05, 3.63) is 34.6 Å². The number of Topliss-reactive ketones (excluding diaryl/α,β-unsaturated/α-hetero) is 1. The summed E-state index contributed by atoms with van der Waals surface area (Å²) in [4.78, 5) is 27.3. The van der Waals surface area contributed by atoms with Crippen LogP contribution in [-0.2, 0) is 11.8 Å². The lowest BCUT2D eigenvalue weighted by molar-refractivity contribution is -0.118. The highest BCUT2D eigenvalue weighted by molar-refractivity contribution is 5.95. The summed E-state index contributed by atoms with van der Waals surface area (Å²) in [6.07, 6.45) is 0. The number of rotatable bonds is 4. The zero-order valence-electron chi connectivity index (χ0n) is 13.1. The highest BCUT2D eigenvalue weighted by atomic mass is 16.5. The summed E-state index contributed by atoms with van der Waals surface area (Å²) in [7, 11) is 3.39. The number of ketones is 1. The van der Waals surface area contributed by atoms with Gasteiger partial charge >= 0.3 is 0 Å². The van der Waals surface area contributed by atoms with Crippen molar-refractivity contribution >= 4 is 28.2 Å². The Hall–Kier alpha value is -2.63. The molecule has 0 fully saturated rings. The van der Waals surface area contributed by atoms with Gasteiger partial charge in [0, 0.05) is 25.2 Å². The number of nitrogens with zero attached hydrogens (tertiary/aromatic N) is 2. The number of carbonyl (C=O) groups is 1. The number of benzene rings is 1. The van der Waals surface area contributed by atoms with E-state index < -0.39 is 0 Å². The maximum absolute atomic E-state index is 12.2. The molecule has 0 saturated heterocycles. The van der Waals surface area contributed by atoms with Gasteiger partial charge in [0.25, 0.3) is 5.56 Å². The first-order valence-corrected chi connectivity index (χ1v) is 6.89. The van der Waals surface area contributed by atoms with E-state index in [2.05, 4.69) is 10.3 Å².